The van der Waals surface area contributed by atoms with Crippen LogP contribution < -0.4 is 10.6 Å². The molecule has 1 aromatic heterocycles. The number of hydrogen-bond donors (Lipinski definition) is 2. The Kier molecular flexibility index (Phi) is 8.03. The van der Waals surface area contributed by atoms with Gasteiger partial charge in [0.05, 0.1) is 17.4 Å². The van der Waals surface area contributed by atoms with E-state index in [1.54, 1.807) is 6.08 Å². The van der Waals surface area contributed by atoms with E-state index < -0.39 is 0 Å². The number of carbonyl (C=O) groups excluding carboxylic acids is 2. The molecule has 1 heterocycles. The summed E-state index contributed by atoms with van der Waals surface area (Å²) in [6.07, 6.45) is 1.75. The third kappa shape index (κ3) is 6.82. The molecule has 2 aromatic rings. The highest BCUT2D eigenvalue weighted by Gasteiger charge is 2.13. The van der Waals surface area contributed by atoms with Gasteiger partial charge in [-0.05, 0) is 43.2 Å². The minimum Gasteiger partial charge on any atom is -0.346 e. The highest BCUT2D eigenvalue weighted by Crippen LogP contribution is 2.22. The fourth-order valence-electron chi connectivity index (χ4n) is 2.54. The van der Waals surface area contributed by atoms with E-state index in [0.29, 0.717) is 13.1 Å². The Morgan fingerprint density at radius 2 is 2.00 bits per heavy atom. The monoisotopic (exact) mass is 405 g/mol. The molecule has 1 aromatic carbocycles. The average Bonchev–Trinajstić information content (AvgIpc) is 3.02. The van der Waals surface area contributed by atoms with Crippen LogP contribution in [0.1, 0.15) is 16.0 Å². The molecule has 0 aliphatic carbocycles. The van der Waals surface area contributed by atoms with Gasteiger partial charge in [0.2, 0.25) is 11.8 Å². The maximum atomic E-state index is 12.2. The van der Waals surface area contributed by atoms with E-state index in [-0.39, 0.29) is 24.9 Å². The van der Waals surface area contributed by atoms with Gasteiger partial charge in [-0.25, -0.2) is 0 Å². The van der Waals surface area contributed by atoms with Crippen molar-refractivity contribution in [3.05, 3.63) is 63.3 Å². The van der Waals surface area contributed by atoms with Gasteiger partial charge in [-0.2, -0.15) is 0 Å². The first-order chi connectivity index (χ1) is 12.9. The molecule has 0 saturated carbocycles. The van der Waals surface area contributed by atoms with E-state index in [4.69, 9.17) is 11.6 Å². The molecule has 7 heteroatoms. The van der Waals surface area contributed by atoms with Gasteiger partial charge >= 0.3 is 0 Å². The van der Waals surface area contributed by atoms with E-state index in [1.807, 2.05) is 49.1 Å². The van der Waals surface area contributed by atoms with E-state index in [9.17, 15) is 9.59 Å². The van der Waals surface area contributed by atoms with Crippen LogP contribution in [0.3, 0.4) is 0 Å². The van der Waals surface area contributed by atoms with Crippen LogP contribution in [0.4, 0.5) is 5.69 Å². The van der Waals surface area contributed by atoms with Gasteiger partial charge < -0.3 is 10.6 Å². The Labute approximate surface area is 169 Å². The van der Waals surface area contributed by atoms with Gasteiger partial charge in [0, 0.05) is 23.7 Å². The molecular formula is C20H24ClN3O2S. The minimum absolute atomic E-state index is 0.0705. The second kappa shape index (κ2) is 10.3. The predicted octanol–water partition coefficient (Wildman–Crippen LogP) is 3.76. The Morgan fingerprint density at radius 1 is 1.22 bits per heavy atom. The Morgan fingerprint density at radius 3 is 2.67 bits per heavy atom. The van der Waals surface area contributed by atoms with Gasteiger partial charge in [-0.15, -0.1) is 17.9 Å². The van der Waals surface area contributed by atoms with Crippen molar-refractivity contribution < 1.29 is 9.59 Å². The first-order valence-electron chi connectivity index (χ1n) is 8.59. The van der Waals surface area contributed by atoms with E-state index in [2.05, 4.69) is 17.2 Å². The van der Waals surface area contributed by atoms with Gasteiger partial charge in [0.1, 0.15) is 0 Å². The maximum Gasteiger partial charge on any atom is 0.243 e. The van der Waals surface area contributed by atoms with Gasteiger partial charge in [0.25, 0.3) is 0 Å². The summed E-state index contributed by atoms with van der Waals surface area (Å²) in [6.45, 7) is 8.95. The zero-order valence-electron chi connectivity index (χ0n) is 15.5. The van der Waals surface area contributed by atoms with Crippen LogP contribution in [0.15, 0.2) is 43.0 Å². The van der Waals surface area contributed by atoms with Gasteiger partial charge in [0.15, 0.2) is 0 Å². The van der Waals surface area contributed by atoms with Gasteiger partial charge in [-0.3, -0.25) is 14.5 Å². The third-order valence-corrected chi connectivity index (χ3v) is 5.30. The predicted molar refractivity (Wildman–Crippen MR) is 112 cm³/mol. The SMILES string of the molecule is C=CCN(CC(=O)NCC(=O)Nc1cccc(C)c1C)Cc1ccc(Cl)s1. The van der Waals surface area contributed by atoms with Crippen molar-refractivity contribution in [3.63, 3.8) is 0 Å². The summed E-state index contributed by atoms with van der Waals surface area (Å²) in [4.78, 5) is 27.3. The maximum absolute atomic E-state index is 12.2. The molecule has 2 amide bonds. The summed E-state index contributed by atoms with van der Waals surface area (Å²) in [5.41, 5.74) is 2.88. The minimum atomic E-state index is -0.252. The highest BCUT2D eigenvalue weighted by atomic mass is 35.5. The molecule has 144 valence electrons. The Balaban J connectivity index is 1.83. The normalized spacial score (nSPS) is 10.7. The first-order valence-corrected chi connectivity index (χ1v) is 9.78. The highest BCUT2D eigenvalue weighted by molar-refractivity contribution is 7.16. The molecular weight excluding hydrogens is 382 g/mol. The van der Waals surface area contributed by atoms with Crippen LogP contribution in [-0.2, 0) is 16.1 Å². The zero-order valence-corrected chi connectivity index (χ0v) is 17.1. The number of hydrogen-bond acceptors (Lipinski definition) is 4. The summed E-state index contributed by atoms with van der Waals surface area (Å²) in [6, 6.07) is 9.51. The molecule has 0 saturated heterocycles. The molecule has 2 N–H and O–H groups in total. The number of nitrogens with one attached hydrogen (secondary N) is 2. The standard InChI is InChI=1S/C20H24ClN3O2S/c1-4-10-24(12-16-8-9-18(21)27-16)13-20(26)22-11-19(25)23-17-7-5-6-14(2)15(17)3/h4-9H,1,10-13H2,2-3H3,(H,22,26)(H,23,25). The topological polar surface area (TPSA) is 61.4 Å². The molecule has 0 aliphatic heterocycles. The van der Waals surface area contributed by atoms with Crippen molar-refractivity contribution in [1.82, 2.24) is 10.2 Å². The lowest BCUT2D eigenvalue weighted by Crippen LogP contribution is -2.40. The second-order valence-corrected chi connectivity index (χ2v) is 8.04. The molecule has 0 bridgehead atoms. The number of rotatable bonds is 9. The number of carbonyl (C=O) groups is 2. The van der Waals surface area contributed by atoms with Crippen LogP contribution in [0.25, 0.3) is 0 Å². The van der Waals surface area contributed by atoms with Crippen LogP contribution in [0.5, 0.6) is 0 Å². The number of thiophene rings is 1. The van der Waals surface area contributed by atoms with Crippen molar-refractivity contribution in [1.29, 1.82) is 0 Å². The summed E-state index contributed by atoms with van der Waals surface area (Å²) in [7, 11) is 0. The Hall–Kier alpha value is -2.15. The summed E-state index contributed by atoms with van der Waals surface area (Å²) >= 11 is 7.44. The summed E-state index contributed by atoms with van der Waals surface area (Å²) < 4.78 is 0.719. The van der Waals surface area contributed by atoms with Crippen LogP contribution in [-0.4, -0.2) is 36.3 Å². The lowest BCUT2D eigenvalue weighted by Gasteiger charge is -2.19. The molecule has 0 atom stereocenters. The molecule has 5 nitrogen and oxygen atoms in total. The second-order valence-electron chi connectivity index (χ2n) is 6.24. The number of nitrogens with zero attached hydrogens (tertiary/aromatic N) is 1. The van der Waals surface area contributed by atoms with Crippen molar-refractivity contribution in [2.75, 3.05) is 25.0 Å². The average molecular weight is 406 g/mol. The van der Waals surface area contributed by atoms with Crippen molar-refractivity contribution in [2.24, 2.45) is 0 Å². The Bertz CT molecular complexity index is 819. The quantitative estimate of drug-likeness (QED) is 0.624. The zero-order chi connectivity index (χ0) is 19.8. The van der Waals surface area contributed by atoms with Crippen LogP contribution in [0.2, 0.25) is 4.34 Å². The van der Waals surface area contributed by atoms with Crippen molar-refractivity contribution >= 4 is 40.4 Å². The number of benzene rings is 1. The lowest BCUT2D eigenvalue weighted by atomic mass is 10.1. The fraction of sp³-hybridized carbons (Fsp3) is 0.300. The fourth-order valence-corrected chi connectivity index (χ4v) is 3.67. The molecule has 0 fully saturated rings. The van der Waals surface area contributed by atoms with E-state index in [1.165, 1.54) is 11.3 Å². The summed E-state index contributed by atoms with van der Waals surface area (Å²) in [5.74, 6) is -0.465. The smallest absolute Gasteiger partial charge is 0.243 e. The van der Waals surface area contributed by atoms with Crippen molar-refractivity contribution in [3.8, 4) is 0 Å². The largest absolute Gasteiger partial charge is 0.346 e. The number of amides is 2. The molecule has 0 aliphatic rings. The van der Waals surface area contributed by atoms with Crippen LogP contribution in [0, 0.1) is 13.8 Å². The van der Waals surface area contributed by atoms with E-state index in [0.717, 1.165) is 26.0 Å². The van der Waals surface area contributed by atoms with Crippen LogP contribution >= 0.6 is 22.9 Å². The number of halogens is 1. The molecule has 2 rings (SSSR count). The molecule has 0 unspecified atom stereocenters. The van der Waals surface area contributed by atoms with E-state index >= 15 is 0 Å². The third-order valence-electron chi connectivity index (χ3n) is 4.09. The van der Waals surface area contributed by atoms with Crippen molar-refractivity contribution in [2.45, 2.75) is 20.4 Å². The molecule has 0 spiro atoms. The first kappa shape index (κ1) is 21.2. The lowest BCUT2D eigenvalue weighted by molar-refractivity contribution is -0.125. The summed E-state index contributed by atoms with van der Waals surface area (Å²) in [5, 5.41) is 5.50. The number of aryl methyl sites for hydroxylation is 1. The number of anilines is 1. The molecule has 27 heavy (non-hydrogen) atoms. The van der Waals surface area contributed by atoms with Gasteiger partial charge in [-0.1, -0.05) is 29.8 Å². The molecule has 0 radical (unpaired) electrons.